The molecule has 3 aromatic rings. The number of ketones is 1. The number of rotatable bonds is 11. The number of sulfone groups is 1. The van der Waals surface area contributed by atoms with Crippen LogP contribution in [0.15, 0.2) is 65.6 Å². The van der Waals surface area contributed by atoms with Crippen molar-refractivity contribution in [3.8, 4) is 6.07 Å². The van der Waals surface area contributed by atoms with Gasteiger partial charge in [-0.1, -0.05) is 25.1 Å². The van der Waals surface area contributed by atoms with Gasteiger partial charge in [0.2, 0.25) is 0 Å². The first-order chi connectivity index (χ1) is 19.6. The fraction of sp³-hybridized carbons (Fsp3) is 0.364. The third-order valence-electron chi connectivity index (χ3n) is 8.07. The molecule has 0 heterocycles. The van der Waals surface area contributed by atoms with Crippen molar-refractivity contribution in [3.63, 3.8) is 0 Å². The monoisotopic (exact) mass is 569 g/mol. The van der Waals surface area contributed by atoms with Gasteiger partial charge in [0.05, 0.1) is 34.9 Å². The van der Waals surface area contributed by atoms with Gasteiger partial charge < -0.3 is 10.2 Å². The Balaban J connectivity index is 1.40. The Kier molecular flexibility index (Phi) is 8.01. The lowest BCUT2D eigenvalue weighted by molar-refractivity contribution is 0.0937. The lowest BCUT2D eigenvalue weighted by atomic mass is 10.00. The van der Waals surface area contributed by atoms with Gasteiger partial charge in [-0.15, -0.1) is 0 Å². The molecule has 3 aromatic carbocycles. The Morgan fingerprint density at radius 2 is 1.59 bits per heavy atom. The molecule has 1 amide bonds. The van der Waals surface area contributed by atoms with Crippen LogP contribution in [0.25, 0.3) is 0 Å². The molecule has 8 heteroatoms. The Morgan fingerprint density at radius 3 is 2.10 bits per heavy atom. The van der Waals surface area contributed by atoms with Crippen molar-refractivity contribution in [3.05, 3.63) is 88.5 Å². The van der Waals surface area contributed by atoms with Gasteiger partial charge in [0.15, 0.2) is 15.6 Å². The number of nitrogens with zero attached hydrogens (tertiary/aromatic N) is 2. The summed E-state index contributed by atoms with van der Waals surface area (Å²) < 4.78 is 24.3. The zero-order valence-corrected chi connectivity index (χ0v) is 24.5. The van der Waals surface area contributed by atoms with Crippen LogP contribution in [0, 0.1) is 11.3 Å². The van der Waals surface area contributed by atoms with E-state index in [1.807, 2.05) is 11.9 Å². The summed E-state index contributed by atoms with van der Waals surface area (Å²) in [7, 11) is -1.41. The third-order valence-corrected chi connectivity index (χ3v) is 9.82. The summed E-state index contributed by atoms with van der Waals surface area (Å²) in [6, 6.07) is 19.6. The number of Topliss-reactive ketones (excluding diaryl/α,β-unsaturated/α-hetero) is 1. The van der Waals surface area contributed by atoms with Crippen LogP contribution in [0.3, 0.4) is 0 Å². The number of hydrogen-bond acceptors (Lipinski definition) is 6. The van der Waals surface area contributed by atoms with Crippen LogP contribution >= 0.6 is 0 Å². The number of hydrogen-bond donors (Lipinski definition) is 1. The Bertz CT molecular complexity index is 1600. The number of nitrogens with one attached hydrogen (secondary N) is 1. The third kappa shape index (κ3) is 6.36. The highest BCUT2D eigenvalue weighted by molar-refractivity contribution is 7.91. The average molecular weight is 570 g/mol. The number of anilines is 2. The summed E-state index contributed by atoms with van der Waals surface area (Å²) in [5, 5.41) is 12.3. The first-order valence-electron chi connectivity index (χ1n) is 14.2. The van der Waals surface area contributed by atoms with Gasteiger partial charge >= 0.3 is 0 Å². The van der Waals surface area contributed by atoms with E-state index in [1.165, 1.54) is 55.9 Å². The maximum Gasteiger partial charge on any atom is 0.251 e. The second kappa shape index (κ2) is 11.5. The van der Waals surface area contributed by atoms with Crippen molar-refractivity contribution in [1.82, 2.24) is 5.32 Å². The van der Waals surface area contributed by atoms with Crippen LogP contribution in [-0.2, 0) is 9.84 Å². The maximum absolute atomic E-state index is 13.3. The van der Waals surface area contributed by atoms with E-state index < -0.39 is 21.8 Å². The molecule has 212 valence electrons. The number of nitriles is 1. The summed E-state index contributed by atoms with van der Waals surface area (Å²) >= 11 is 0. The van der Waals surface area contributed by atoms with Crippen LogP contribution in [0.4, 0.5) is 11.4 Å². The Hall–Kier alpha value is -3.96. The topological polar surface area (TPSA) is 107 Å². The molecule has 2 fully saturated rings. The summed E-state index contributed by atoms with van der Waals surface area (Å²) in [6.45, 7) is 3.08. The Labute approximate surface area is 242 Å². The second-order valence-corrected chi connectivity index (χ2v) is 13.4. The van der Waals surface area contributed by atoms with Crippen LogP contribution in [0.1, 0.15) is 101 Å². The molecule has 1 atom stereocenters. The highest BCUT2D eigenvalue weighted by Crippen LogP contribution is 2.47. The van der Waals surface area contributed by atoms with Gasteiger partial charge in [-0.25, -0.2) is 8.42 Å². The summed E-state index contributed by atoms with van der Waals surface area (Å²) in [6.07, 6.45) is 4.87. The molecule has 2 aliphatic rings. The maximum atomic E-state index is 13.3. The molecule has 0 saturated heterocycles. The molecular weight excluding hydrogens is 534 g/mol. The molecule has 1 N–H and O–H groups in total. The van der Waals surface area contributed by atoms with Crippen molar-refractivity contribution in [2.24, 2.45) is 0 Å². The van der Waals surface area contributed by atoms with Crippen molar-refractivity contribution in [2.75, 3.05) is 17.7 Å². The highest BCUT2D eigenvalue weighted by Gasteiger charge is 2.29. The molecule has 0 aliphatic heterocycles. The normalized spacial score (nSPS) is 15.6. The van der Waals surface area contributed by atoms with Crippen LogP contribution in [0.2, 0.25) is 0 Å². The zero-order chi connectivity index (χ0) is 29.3. The molecule has 5 rings (SSSR count). The second-order valence-electron chi connectivity index (χ2n) is 11.1. The molecule has 0 unspecified atom stereocenters. The standard InChI is InChI=1S/C33H35N3O4S/c1-4-41(39,40)29-12-9-24(10-13-29)31(15-16-34)35-33(38)25-11-14-32(30(20-25)21(2)37)36(3)28-18-26(22-5-6-22)17-27(19-28)23-7-8-23/h9-14,17-20,22-23,31H,4-8,15H2,1-3H3,(H,35,38)/t31-/m0/s1. The van der Waals surface area contributed by atoms with E-state index >= 15 is 0 Å². The van der Waals surface area contributed by atoms with Crippen molar-refractivity contribution < 1.29 is 18.0 Å². The van der Waals surface area contributed by atoms with Crippen molar-refractivity contribution in [2.45, 2.75) is 68.7 Å². The van der Waals surface area contributed by atoms with Gasteiger partial charge in [-0.05, 0) is 104 Å². The lowest BCUT2D eigenvalue weighted by Crippen LogP contribution is -2.28. The lowest BCUT2D eigenvalue weighted by Gasteiger charge is -2.24. The van der Waals surface area contributed by atoms with E-state index in [2.05, 4.69) is 29.6 Å². The molecule has 0 bridgehead atoms. The van der Waals surface area contributed by atoms with E-state index in [0.29, 0.717) is 28.5 Å². The molecule has 0 radical (unpaired) electrons. The first kappa shape index (κ1) is 28.6. The molecule has 0 aromatic heterocycles. The fourth-order valence-electron chi connectivity index (χ4n) is 5.21. The number of amides is 1. The van der Waals surface area contributed by atoms with Gasteiger partial charge in [0.25, 0.3) is 5.91 Å². The quantitative estimate of drug-likeness (QED) is 0.261. The Morgan fingerprint density at radius 1 is 0.976 bits per heavy atom. The minimum absolute atomic E-state index is 0.00661. The van der Waals surface area contributed by atoms with Crippen LogP contribution in [0.5, 0.6) is 0 Å². The van der Waals surface area contributed by atoms with Gasteiger partial charge in [0.1, 0.15) is 0 Å². The predicted molar refractivity (Wildman–Crippen MR) is 160 cm³/mol. The van der Waals surface area contributed by atoms with Crippen molar-refractivity contribution in [1.29, 1.82) is 5.26 Å². The summed E-state index contributed by atoms with van der Waals surface area (Å²) in [5.74, 6) is 0.658. The minimum Gasteiger partial charge on any atom is -0.344 e. The molecule has 2 saturated carbocycles. The van der Waals surface area contributed by atoms with E-state index in [4.69, 9.17) is 0 Å². The van der Waals surface area contributed by atoms with E-state index in [1.54, 1.807) is 37.3 Å². The number of carbonyl (C=O) groups is 2. The molecular formula is C33H35N3O4S. The first-order valence-corrected chi connectivity index (χ1v) is 15.8. The smallest absolute Gasteiger partial charge is 0.251 e. The van der Waals surface area contributed by atoms with Gasteiger partial charge in [0, 0.05) is 23.9 Å². The number of carbonyl (C=O) groups excluding carboxylic acids is 2. The van der Waals surface area contributed by atoms with Crippen LogP contribution in [-0.4, -0.2) is 32.9 Å². The fourth-order valence-corrected chi connectivity index (χ4v) is 6.09. The molecule has 41 heavy (non-hydrogen) atoms. The molecule has 7 nitrogen and oxygen atoms in total. The largest absolute Gasteiger partial charge is 0.344 e. The van der Waals surface area contributed by atoms with E-state index in [9.17, 15) is 23.3 Å². The van der Waals surface area contributed by atoms with Gasteiger partial charge in [-0.2, -0.15) is 5.26 Å². The average Bonchev–Trinajstić information content (AvgIpc) is 3.89. The predicted octanol–water partition coefficient (Wildman–Crippen LogP) is 6.59. The van der Waals surface area contributed by atoms with Gasteiger partial charge in [-0.3, -0.25) is 9.59 Å². The molecule has 2 aliphatic carbocycles. The van der Waals surface area contributed by atoms with Crippen molar-refractivity contribution >= 4 is 32.9 Å². The number of benzene rings is 3. The highest BCUT2D eigenvalue weighted by atomic mass is 32.2. The summed E-state index contributed by atoms with van der Waals surface area (Å²) in [5.41, 5.74) is 5.87. The zero-order valence-electron chi connectivity index (χ0n) is 23.7. The van der Waals surface area contributed by atoms with Crippen LogP contribution < -0.4 is 10.2 Å². The summed E-state index contributed by atoms with van der Waals surface area (Å²) in [4.78, 5) is 28.3. The molecule has 0 spiro atoms. The van der Waals surface area contributed by atoms with E-state index in [0.717, 1.165) is 11.4 Å². The van der Waals surface area contributed by atoms with E-state index in [-0.39, 0.29) is 22.9 Å². The SMILES string of the molecule is CCS(=O)(=O)c1ccc([C@H](CC#N)NC(=O)c2ccc(N(C)c3cc(C4CC4)cc(C4CC4)c3)c(C(C)=O)c2)cc1. The minimum atomic E-state index is -3.36.